The van der Waals surface area contributed by atoms with E-state index in [9.17, 15) is 0 Å². The summed E-state index contributed by atoms with van der Waals surface area (Å²) < 4.78 is 0. The lowest BCUT2D eigenvalue weighted by Crippen LogP contribution is -2.39. The van der Waals surface area contributed by atoms with Gasteiger partial charge >= 0.3 is 0 Å². The van der Waals surface area contributed by atoms with E-state index in [4.69, 9.17) is 0 Å². The first kappa shape index (κ1) is 14.0. The molecule has 0 amide bonds. The molecule has 0 spiro atoms. The second-order valence-corrected chi connectivity index (χ2v) is 6.85. The predicted molar refractivity (Wildman–Crippen MR) is 82.6 cm³/mol. The fraction of sp³-hybridized carbons (Fsp3) is 0.706. The van der Waals surface area contributed by atoms with E-state index in [1.165, 1.54) is 63.8 Å². The van der Waals surface area contributed by atoms with Crippen molar-refractivity contribution in [1.29, 1.82) is 0 Å². The molecule has 3 heteroatoms. The van der Waals surface area contributed by atoms with Crippen molar-refractivity contribution in [3.05, 3.63) is 30.1 Å². The Labute approximate surface area is 122 Å². The number of likely N-dealkylation sites (tertiary alicyclic amines) is 1. The SMILES string of the molecule is CC1(CN2CCCCCC2c2ccncc2)CCNC1. The molecule has 3 rings (SSSR count). The Morgan fingerprint density at radius 2 is 2.15 bits per heavy atom. The fourth-order valence-corrected chi connectivity index (χ4v) is 3.81. The Morgan fingerprint density at radius 1 is 1.30 bits per heavy atom. The molecule has 2 aliphatic heterocycles. The maximum Gasteiger partial charge on any atom is 0.0349 e. The number of nitrogens with zero attached hydrogens (tertiary/aromatic N) is 2. The molecule has 0 radical (unpaired) electrons. The highest BCUT2D eigenvalue weighted by Gasteiger charge is 2.33. The van der Waals surface area contributed by atoms with Gasteiger partial charge in [0.15, 0.2) is 0 Å². The van der Waals surface area contributed by atoms with Crippen LogP contribution in [0.1, 0.15) is 50.6 Å². The smallest absolute Gasteiger partial charge is 0.0349 e. The van der Waals surface area contributed by atoms with Gasteiger partial charge < -0.3 is 5.32 Å². The van der Waals surface area contributed by atoms with E-state index in [2.05, 4.69) is 34.3 Å². The van der Waals surface area contributed by atoms with Gasteiger partial charge in [-0.3, -0.25) is 9.88 Å². The molecular weight excluding hydrogens is 246 g/mol. The third-order valence-corrected chi connectivity index (χ3v) is 5.00. The van der Waals surface area contributed by atoms with Crippen LogP contribution in [0.4, 0.5) is 0 Å². The fourth-order valence-electron chi connectivity index (χ4n) is 3.81. The molecule has 2 atom stereocenters. The second kappa shape index (κ2) is 6.23. The van der Waals surface area contributed by atoms with E-state index in [0.29, 0.717) is 11.5 Å². The third-order valence-electron chi connectivity index (χ3n) is 5.00. The summed E-state index contributed by atoms with van der Waals surface area (Å²) in [6.07, 6.45) is 10.6. The Kier molecular flexibility index (Phi) is 4.37. The summed E-state index contributed by atoms with van der Waals surface area (Å²) in [5.74, 6) is 0. The van der Waals surface area contributed by atoms with Crippen molar-refractivity contribution >= 4 is 0 Å². The Hall–Kier alpha value is -0.930. The molecule has 1 aromatic heterocycles. The molecule has 2 unspecified atom stereocenters. The van der Waals surface area contributed by atoms with Crippen LogP contribution in [0.2, 0.25) is 0 Å². The zero-order chi connectivity index (χ0) is 13.8. The van der Waals surface area contributed by atoms with Crippen LogP contribution in [-0.2, 0) is 0 Å². The molecule has 2 aliphatic rings. The van der Waals surface area contributed by atoms with E-state index >= 15 is 0 Å². The zero-order valence-corrected chi connectivity index (χ0v) is 12.6. The molecule has 2 fully saturated rings. The molecule has 0 aromatic carbocycles. The normalized spacial score (nSPS) is 32.1. The van der Waals surface area contributed by atoms with Gasteiger partial charge in [0.2, 0.25) is 0 Å². The topological polar surface area (TPSA) is 28.2 Å². The molecule has 1 aromatic rings. The first-order valence-corrected chi connectivity index (χ1v) is 8.12. The van der Waals surface area contributed by atoms with Crippen molar-refractivity contribution in [2.75, 3.05) is 26.2 Å². The monoisotopic (exact) mass is 273 g/mol. The van der Waals surface area contributed by atoms with Crippen LogP contribution >= 0.6 is 0 Å². The van der Waals surface area contributed by atoms with Gasteiger partial charge in [-0.15, -0.1) is 0 Å². The third kappa shape index (κ3) is 3.21. The summed E-state index contributed by atoms with van der Waals surface area (Å²) in [7, 11) is 0. The lowest BCUT2D eigenvalue weighted by molar-refractivity contribution is 0.131. The summed E-state index contributed by atoms with van der Waals surface area (Å²) in [5.41, 5.74) is 1.91. The van der Waals surface area contributed by atoms with Gasteiger partial charge in [0.05, 0.1) is 0 Å². The van der Waals surface area contributed by atoms with Crippen molar-refractivity contribution in [3.63, 3.8) is 0 Å². The molecule has 2 saturated heterocycles. The molecule has 3 nitrogen and oxygen atoms in total. The maximum atomic E-state index is 4.18. The standard InChI is InChI=1S/C17H27N3/c1-17(8-11-19-13-17)14-20-12-4-2-3-5-16(20)15-6-9-18-10-7-15/h6-7,9-10,16,19H,2-5,8,11-14H2,1H3. The highest BCUT2D eigenvalue weighted by molar-refractivity contribution is 5.15. The minimum absolute atomic E-state index is 0.454. The molecule has 0 saturated carbocycles. The lowest BCUT2D eigenvalue weighted by Gasteiger charge is -2.36. The number of aromatic nitrogens is 1. The van der Waals surface area contributed by atoms with Gasteiger partial charge in [0.25, 0.3) is 0 Å². The van der Waals surface area contributed by atoms with Crippen LogP contribution in [0.5, 0.6) is 0 Å². The molecular formula is C17H27N3. The summed E-state index contributed by atoms with van der Waals surface area (Å²) >= 11 is 0. The number of hydrogen-bond donors (Lipinski definition) is 1. The number of pyridine rings is 1. The van der Waals surface area contributed by atoms with Crippen molar-refractivity contribution in [2.24, 2.45) is 5.41 Å². The van der Waals surface area contributed by atoms with Crippen molar-refractivity contribution in [1.82, 2.24) is 15.2 Å². The van der Waals surface area contributed by atoms with Crippen molar-refractivity contribution in [2.45, 2.75) is 45.1 Å². The highest BCUT2D eigenvalue weighted by Crippen LogP contribution is 2.34. The molecule has 0 bridgehead atoms. The number of nitrogens with one attached hydrogen (secondary N) is 1. The average molecular weight is 273 g/mol. The summed E-state index contributed by atoms with van der Waals surface area (Å²) in [4.78, 5) is 6.92. The number of rotatable bonds is 3. The van der Waals surface area contributed by atoms with Gasteiger partial charge in [0, 0.05) is 31.5 Å². The van der Waals surface area contributed by atoms with Crippen LogP contribution in [0.25, 0.3) is 0 Å². The maximum absolute atomic E-state index is 4.18. The summed E-state index contributed by atoms with van der Waals surface area (Å²) in [6, 6.07) is 5.01. The number of hydrogen-bond acceptors (Lipinski definition) is 3. The Balaban J connectivity index is 1.77. The Bertz CT molecular complexity index is 412. The van der Waals surface area contributed by atoms with Gasteiger partial charge in [-0.25, -0.2) is 0 Å². The zero-order valence-electron chi connectivity index (χ0n) is 12.6. The van der Waals surface area contributed by atoms with Gasteiger partial charge in [-0.05, 0) is 55.5 Å². The lowest BCUT2D eigenvalue weighted by atomic mass is 9.88. The van der Waals surface area contributed by atoms with Crippen molar-refractivity contribution < 1.29 is 0 Å². The van der Waals surface area contributed by atoms with E-state index in [-0.39, 0.29) is 0 Å². The summed E-state index contributed by atoms with van der Waals surface area (Å²) in [5, 5.41) is 3.54. The largest absolute Gasteiger partial charge is 0.316 e. The second-order valence-electron chi connectivity index (χ2n) is 6.85. The molecule has 110 valence electrons. The van der Waals surface area contributed by atoms with E-state index < -0.39 is 0 Å². The van der Waals surface area contributed by atoms with Crippen LogP contribution in [-0.4, -0.2) is 36.1 Å². The van der Waals surface area contributed by atoms with Gasteiger partial charge in [-0.1, -0.05) is 19.8 Å². The van der Waals surface area contributed by atoms with Crippen LogP contribution in [0.3, 0.4) is 0 Å². The van der Waals surface area contributed by atoms with Crippen LogP contribution in [0, 0.1) is 5.41 Å². The molecule has 3 heterocycles. The summed E-state index contributed by atoms with van der Waals surface area (Å²) in [6.45, 7) is 7.29. The molecule has 1 N–H and O–H groups in total. The minimum atomic E-state index is 0.454. The quantitative estimate of drug-likeness (QED) is 0.917. The first-order chi connectivity index (χ1) is 9.77. The van der Waals surface area contributed by atoms with Crippen LogP contribution in [0.15, 0.2) is 24.5 Å². The molecule has 20 heavy (non-hydrogen) atoms. The molecule has 0 aliphatic carbocycles. The van der Waals surface area contributed by atoms with Gasteiger partial charge in [-0.2, -0.15) is 0 Å². The van der Waals surface area contributed by atoms with E-state index in [1.54, 1.807) is 0 Å². The average Bonchev–Trinajstić information content (AvgIpc) is 2.76. The Morgan fingerprint density at radius 3 is 2.90 bits per heavy atom. The first-order valence-electron chi connectivity index (χ1n) is 8.12. The highest BCUT2D eigenvalue weighted by atomic mass is 15.2. The van der Waals surface area contributed by atoms with E-state index in [0.717, 1.165) is 0 Å². The predicted octanol–water partition coefficient (Wildman–Crippen LogP) is 3.00. The van der Waals surface area contributed by atoms with Gasteiger partial charge in [0.1, 0.15) is 0 Å². The van der Waals surface area contributed by atoms with E-state index in [1.807, 2.05) is 12.4 Å². The minimum Gasteiger partial charge on any atom is -0.316 e. The van der Waals surface area contributed by atoms with Crippen LogP contribution < -0.4 is 5.32 Å². The van der Waals surface area contributed by atoms with Crippen molar-refractivity contribution in [3.8, 4) is 0 Å².